The Hall–Kier alpha value is -2.08. The van der Waals surface area contributed by atoms with Crippen LogP contribution in [0.1, 0.15) is 18.9 Å². The highest BCUT2D eigenvalue weighted by Gasteiger charge is 2.20. The Kier molecular flexibility index (Phi) is 4.06. The first-order chi connectivity index (χ1) is 10.2. The monoisotopic (exact) mass is 287 g/mol. The molecule has 0 bridgehead atoms. The van der Waals surface area contributed by atoms with E-state index in [0.29, 0.717) is 11.9 Å². The molecule has 2 aromatic heterocycles. The first-order valence-corrected chi connectivity index (χ1v) is 7.41. The van der Waals surface area contributed by atoms with Crippen LogP contribution in [-0.2, 0) is 6.54 Å². The van der Waals surface area contributed by atoms with Gasteiger partial charge in [0.15, 0.2) is 0 Å². The molecular formula is C15H21N5O. The van der Waals surface area contributed by atoms with Gasteiger partial charge in [0, 0.05) is 44.6 Å². The van der Waals surface area contributed by atoms with Crippen molar-refractivity contribution < 1.29 is 0 Å². The Morgan fingerprint density at radius 3 is 2.62 bits per heavy atom. The third-order valence-corrected chi connectivity index (χ3v) is 4.12. The second kappa shape index (κ2) is 6.13. The number of anilines is 1. The Bertz CT molecular complexity index is 639. The van der Waals surface area contributed by atoms with E-state index < -0.39 is 0 Å². The number of hydrogen-bond donors (Lipinski definition) is 1. The minimum absolute atomic E-state index is 0.0689. The van der Waals surface area contributed by atoms with Crippen LogP contribution in [0, 0.1) is 0 Å². The van der Waals surface area contributed by atoms with Gasteiger partial charge in [-0.3, -0.25) is 9.48 Å². The van der Waals surface area contributed by atoms with E-state index in [0.717, 1.165) is 39.0 Å². The quantitative estimate of drug-likeness (QED) is 0.909. The zero-order valence-electron chi connectivity index (χ0n) is 12.1. The van der Waals surface area contributed by atoms with E-state index >= 15 is 0 Å². The average Bonchev–Trinajstić information content (AvgIpc) is 2.94. The van der Waals surface area contributed by atoms with Crippen LogP contribution in [-0.4, -0.2) is 38.9 Å². The number of nitrogens with two attached hydrogens (primary N) is 1. The second-order valence-corrected chi connectivity index (χ2v) is 5.53. The van der Waals surface area contributed by atoms with Crippen molar-refractivity contribution in [3.63, 3.8) is 0 Å². The van der Waals surface area contributed by atoms with Crippen molar-refractivity contribution in [3.05, 3.63) is 47.0 Å². The number of piperidine rings is 1. The summed E-state index contributed by atoms with van der Waals surface area (Å²) in [5, 5.41) is 4.30. The average molecular weight is 287 g/mol. The molecule has 1 saturated heterocycles. The van der Waals surface area contributed by atoms with Gasteiger partial charge in [0.05, 0.1) is 6.04 Å². The van der Waals surface area contributed by atoms with E-state index in [9.17, 15) is 4.79 Å². The Balaban J connectivity index is 1.50. The largest absolute Gasteiger partial charge is 0.382 e. The molecular weight excluding hydrogens is 266 g/mol. The van der Waals surface area contributed by atoms with Crippen LogP contribution in [0.25, 0.3) is 0 Å². The fourth-order valence-electron chi connectivity index (χ4n) is 2.86. The normalized spacial score (nSPS) is 17.1. The summed E-state index contributed by atoms with van der Waals surface area (Å²) in [4.78, 5) is 14.1. The van der Waals surface area contributed by atoms with Crippen LogP contribution in [0.2, 0.25) is 0 Å². The van der Waals surface area contributed by atoms with E-state index in [1.165, 1.54) is 0 Å². The molecule has 1 aliphatic heterocycles. The van der Waals surface area contributed by atoms with Gasteiger partial charge in [0.1, 0.15) is 5.82 Å². The number of hydrogen-bond acceptors (Lipinski definition) is 4. The van der Waals surface area contributed by atoms with Gasteiger partial charge in [0.25, 0.3) is 5.56 Å². The maximum Gasteiger partial charge on any atom is 0.250 e. The molecule has 0 saturated carbocycles. The molecule has 21 heavy (non-hydrogen) atoms. The lowest BCUT2D eigenvalue weighted by atomic mass is 10.1. The molecule has 2 aromatic rings. The highest BCUT2D eigenvalue weighted by molar-refractivity contribution is 5.24. The van der Waals surface area contributed by atoms with Crippen molar-refractivity contribution in [3.8, 4) is 0 Å². The summed E-state index contributed by atoms with van der Waals surface area (Å²) in [5.74, 6) is 0.584. The minimum atomic E-state index is 0.0689. The molecule has 6 nitrogen and oxygen atoms in total. The summed E-state index contributed by atoms with van der Waals surface area (Å²) in [6.45, 7) is 3.73. The highest BCUT2D eigenvalue weighted by Crippen LogP contribution is 2.22. The fraction of sp³-hybridized carbons (Fsp3) is 0.467. The highest BCUT2D eigenvalue weighted by atomic mass is 16.1. The summed E-state index contributed by atoms with van der Waals surface area (Å²) < 4.78 is 3.74. The number of aromatic nitrogens is 3. The van der Waals surface area contributed by atoms with E-state index in [4.69, 9.17) is 5.73 Å². The summed E-state index contributed by atoms with van der Waals surface area (Å²) in [5.41, 5.74) is 5.73. The van der Waals surface area contributed by atoms with Crippen molar-refractivity contribution in [2.24, 2.45) is 0 Å². The van der Waals surface area contributed by atoms with Gasteiger partial charge in [0.2, 0.25) is 0 Å². The predicted octanol–water partition coefficient (Wildman–Crippen LogP) is 0.964. The number of pyridine rings is 1. The zero-order chi connectivity index (χ0) is 14.7. The molecule has 0 amide bonds. The lowest BCUT2D eigenvalue weighted by Gasteiger charge is -2.32. The second-order valence-electron chi connectivity index (χ2n) is 5.53. The van der Waals surface area contributed by atoms with Crippen LogP contribution in [0.3, 0.4) is 0 Å². The van der Waals surface area contributed by atoms with Crippen molar-refractivity contribution in [2.75, 3.05) is 25.4 Å². The maximum absolute atomic E-state index is 11.7. The molecule has 3 rings (SSSR count). The van der Waals surface area contributed by atoms with Gasteiger partial charge in [-0.15, -0.1) is 0 Å². The lowest BCUT2D eigenvalue weighted by molar-refractivity contribution is 0.174. The van der Waals surface area contributed by atoms with E-state index in [1.807, 2.05) is 29.2 Å². The first kappa shape index (κ1) is 13.9. The summed E-state index contributed by atoms with van der Waals surface area (Å²) in [7, 11) is 0. The predicted molar refractivity (Wildman–Crippen MR) is 82.1 cm³/mol. The van der Waals surface area contributed by atoms with Crippen LogP contribution in [0.15, 0.2) is 41.5 Å². The number of nitrogen functional groups attached to an aromatic ring is 1. The standard InChI is InChI=1S/C15H21N5O/c16-14-6-10-20(17-14)13-4-8-18(9-5-13)11-12-19-7-2-1-3-15(19)21/h1-3,6-7,10,13H,4-5,8-9,11-12H2,(H2,16,17). The van der Waals surface area contributed by atoms with Crippen molar-refractivity contribution in [1.82, 2.24) is 19.2 Å². The zero-order valence-corrected chi connectivity index (χ0v) is 12.1. The van der Waals surface area contributed by atoms with Crippen molar-refractivity contribution in [2.45, 2.75) is 25.4 Å². The van der Waals surface area contributed by atoms with Gasteiger partial charge in [-0.05, 0) is 25.0 Å². The van der Waals surface area contributed by atoms with Crippen molar-refractivity contribution >= 4 is 5.82 Å². The molecule has 1 aliphatic rings. The van der Waals surface area contributed by atoms with Crippen molar-refractivity contribution in [1.29, 1.82) is 0 Å². The van der Waals surface area contributed by atoms with Gasteiger partial charge in [-0.1, -0.05) is 6.07 Å². The van der Waals surface area contributed by atoms with Crippen LogP contribution in [0.5, 0.6) is 0 Å². The smallest absolute Gasteiger partial charge is 0.250 e. The third-order valence-electron chi connectivity index (χ3n) is 4.12. The molecule has 1 fully saturated rings. The van der Waals surface area contributed by atoms with Gasteiger partial charge >= 0.3 is 0 Å². The van der Waals surface area contributed by atoms with Gasteiger partial charge < -0.3 is 15.2 Å². The van der Waals surface area contributed by atoms with E-state index in [2.05, 4.69) is 10.00 Å². The van der Waals surface area contributed by atoms with Gasteiger partial charge in [-0.25, -0.2) is 0 Å². The molecule has 112 valence electrons. The third kappa shape index (κ3) is 3.33. The number of nitrogens with zero attached hydrogens (tertiary/aromatic N) is 4. The SMILES string of the molecule is Nc1ccn(C2CCN(CCn3ccccc3=O)CC2)n1. The molecule has 0 aromatic carbocycles. The molecule has 0 aliphatic carbocycles. The molecule has 2 N–H and O–H groups in total. The van der Waals surface area contributed by atoms with E-state index in [1.54, 1.807) is 16.7 Å². The summed E-state index contributed by atoms with van der Waals surface area (Å²) in [6, 6.07) is 7.57. The maximum atomic E-state index is 11.7. The molecule has 0 spiro atoms. The molecule has 3 heterocycles. The topological polar surface area (TPSA) is 69.1 Å². The van der Waals surface area contributed by atoms with Crippen LogP contribution >= 0.6 is 0 Å². The Labute approximate surface area is 123 Å². The Morgan fingerprint density at radius 1 is 1.14 bits per heavy atom. The Morgan fingerprint density at radius 2 is 1.95 bits per heavy atom. The molecule has 0 radical (unpaired) electrons. The summed E-state index contributed by atoms with van der Waals surface area (Å²) in [6.07, 6.45) is 5.95. The number of rotatable bonds is 4. The first-order valence-electron chi connectivity index (χ1n) is 7.41. The molecule has 6 heteroatoms. The summed E-state index contributed by atoms with van der Waals surface area (Å²) >= 11 is 0. The van der Waals surface area contributed by atoms with Crippen LogP contribution < -0.4 is 11.3 Å². The molecule has 0 unspecified atom stereocenters. The number of likely N-dealkylation sites (tertiary alicyclic amines) is 1. The molecule has 0 atom stereocenters. The van der Waals surface area contributed by atoms with E-state index in [-0.39, 0.29) is 5.56 Å². The minimum Gasteiger partial charge on any atom is -0.382 e. The van der Waals surface area contributed by atoms with Gasteiger partial charge in [-0.2, -0.15) is 5.10 Å². The van der Waals surface area contributed by atoms with Crippen LogP contribution in [0.4, 0.5) is 5.82 Å². The fourth-order valence-corrected chi connectivity index (χ4v) is 2.86. The lowest BCUT2D eigenvalue weighted by Crippen LogP contribution is -2.37.